The first-order valence-corrected chi connectivity index (χ1v) is 13.1. The third-order valence-electron chi connectivity index (χ3n) is 5.42. The predicted molar refractivity (Wildman–Crippen MR) is 123 cm³/mol. The first-order valence-electron chi connectivity index (χ1n) is 10.4. The predicted octanol–water partition coefficient (Wildman–Crippen LogP) is 4.33. The third kappa shape index (κ3) is 5.86. The zero-order chi connectivity index (χ0) is 21.6. The lowest BCUT2D eigenvalue weighted by atomic mass is 10.1. The van der Waals surface area contributed by atoms with E-state index in [9.17, 15) is 13.2 Å². The van der Waals surface area contributed by atoms with Gasteiger partial charge in [-0.15, -0.1) is 11.8 Å². The molecule has 0 bridgehead atoms. The van der Waals surface area contributed by atoms with E-state index in [4.69, 9.17) is 0 Å². The summed E-state index contributed by atoms with van der Waals surface area (Å²) in [6.07, 6.45) is 6.54. The van der Waals surface area contributed by atoms with E-state index in [1.54, 1.807) is 12.1 Å². The molecule has 0 radical (unpaired) electrons. The topological polar surface area (TPSA) is 66.5 Å². The smallest absolute Gasteiger partial charge is 0.255 e. The highest BCUT2D eigenvalue weighted by Gasteiger charge is 2.24. The Kier molecular flexibility index (Phi) is 7.97. The van der Waals surface area contributed by atoms with Crippen LogP contribution in [0.15, 0.2) is 58.3 Å². The number of thioether (sulfide) groups is 1. The Balaban J connectivity index is 1.73. The summed E-state index contributed by atoms with van der Waals surface area (Å²) in [5.74, 6) is -0.0757. The second kappa shape index (κ2) is 10.5. The van der Waals surface area contributed by atoms with Crippen LogP contribution in [0.3, 0.4) is 0 Å². The standard InChI is InChI=1S/C23H30N2O3S2/c1-18(11-12-19-9-5-3-6-10-19)24-30(27,28)20-13-14-22(29-2)21(17-20)23(26)25-15-7-4-8-16-25/h3,5-6,9-10,13-14,17-18,24H,4,7-8,11-12,15-16H2,1-2H3/t18-/m0/s1. The minimum atomic E-state index is -3.71. The van der Waals surface area contributed by atoms with E-state index in [0.717, 1.165) is 43.7 Å². The number of piperidine rings is 1. The summed E-state index contributed by atoms with van der Waals surface area (Å²) in [5.41, 5.74) is 1.66. The van der Waals surface area contributed by atoms with E-state index in [-0.39, 0.29) is 16.8 Å². The largest absolute Gasteiger partial charge is 0.339 e. The van der Waals surface area contributed by atoms with E-state index >= 15 is 0 Å². The number of rotatable bonds is 8. The van der Waals surface area contributed by atoms with Crippen LogP contribution in [0.1, 0.15) is 48.5 Å². The normalized spacial score (nSPS) is 15.7. The number of carbonyl (C=O) groups excluding carboxylic acids is 1. The van der Waals surface area contributed by atoms with Crippen LogP contribution in [-0.4, -0.2) is 44.6 Å². The lowest BCUT2D eigenvalue weighted by Crippen LogP contribution is -2.36. The van der Waals surface area contributed by atoms with Crippen molar-refractivity contribution in [2.45, 2.75) is 54.9 Å². The molecule has 0 aliphatic carbocycles. The van der Waals surface area contributed by atoms with Crippen LogP contribution in [0.2, 0.25) is 0 Å². The van der Waals surface area contributed by atoms with Gasteiger partial charge in [0.05, 0.1) is 10.5 Å². The van der Waals surface area contributed by atoms with Gasteiger partial charge < -0.3 is 4.90 Å². The molecule has 7 heteroatoms. The molecule has 1 atom stereocenters. The van der Waals surface area contributed by atoms with Gasteiger partial charge in [-0.1, -0.05) is 30.3 Å². The van der Waals surface area contributed by atoms with Crippen molar-refractivity contribution in [2.75, 3.05) is 19.3 Å². The first kappa shape index (κ1) is 22.8. The molecule has 1 fully saturated rings. The molecule has 0 saturated carbocycles. The average Bonchev–Trinajstić information content (AvgIpc) is 2.77. The van der Waals surface area contributed by atoms with Crippen LogP contribution in [-0.2, 0) is 16.4 Å². The fourth-order valence-corrected chi connectivity index (χ4v) is 5.58. The maximum Gasteiger partial charge on any atom is 0.255 e. The minimum absolute atomic E-state index is 0.0757. The van der Waals surface area contributed by atoms with Crippen LogP contribution in [0, 0.1) is 0 Å². The molecule has 1 saturated heterocycles. The van der Waals surface area contributed by atoms with Gasteiger partial charge in [-0.05, 0) is 69.0 Å². The molecule has 2 aromatic carbocycles. The number of benzene rings is 2. The van der Waals surface area contributed by atoms with Crippen molar-refractivity contribution in [3.63, 3.8) is 0 Å². The van der Waals surface area contributed by atoms with Crippen molar-refractivity contribution in [3.05, 3.63) is 59.7 Å². The van der Waals surface area contributed by atoms with Gasteiger partial charge in [0.15, 0.2) is 0 Å². The minimum Gasteiger partial charge on any atom is -0.339 e. The molecule has 2 aromatic rings. The number of aryl methyl sites for hydroxylation is 1. The maximum absolute atomic E-state index is 13.0. The van der Waals surface area contributed by atoms with E-state index in [1.807, 2.05) is 48.4 Å². The number of nitrogens with one attached hydrogen (secondary N) is 1. The van der Waals surface area contributed by atoms with E-state index < -0.39 is 10.0 Å². The molecule has 3 rings (SSSR count). The third-order valence-corrected chi connectivity index (χ3v) is 7.80. The van der Waals surface area contributed by atoms with Gasteiger partial charge in [0.2, 0.25) is 10.0 Å². The summed E-state index contributed by atoms with van der Waals surface area (Å²) in [6, 6.07) is 14.7. The van der Waals surface area contributed by atoms with Gasteiger partial charge in [0.25, 0.3) is 5.91 Å². The number of nitrogens with zero attached hydrogens (tertiary/aromatic N) is 1. The number of amides is 1. The van der Waals surface area contributed by atoms with Gasteiger partial charge in [-0.2, -0.15) is 0 Å². The second-order valence-electron chi connectivity index (χ2n) is 7.76. The van der Waals surface area contributed by atoms with Crippen LogP contribution < -0.4 is 4.72 Å². The molecule has 1 aliphatic heterocycles. The lowest BCUT2D eigenvalue weighted by Gasteiger charge is -2.27. The SMILES string of the molecule is CSc1ccc(S(=O)(=O)N[C@@H](C)CCc2ccccc2)cc1C(=O)N1CCCCC1. The molecule has 0 spiro atoms. The Labute approximate surface area is 184 Å². The zero-order valence-electron chi connectivity index (χ0n) is 17.6. The molecule has 5 nitrogen and oxygen atoms in total. The van der Waals surface area contributed by atoms with Crippen LogP contribution >= 0.6 is 11.8 Å². The van der Waals surface area contributed by atoms with Crippen molar-refractivity contribution in [2.24, 2.45) is 0 Å². The Morgan fingerprint density at radius 2 is 1.80 bits per heavy atom. The Bertz CT molecular complexity index is 956. The number of hydrogen-bond donors (Lipinski definition) is 1. The lowest BCUT2D eigenvalue weighted by molar-refractivity contribution is 0.0720. The van der Waals surface area contributed by atoms with Gasteiger partial charge in [0, 0.05) is 24.0 Å². The molecule has 1 heterocycles. The highest BCUT2D eigenvalue weighted by Crippen LogP contribution is 2.26. The Morgan fingerprint density at radius 1 is 1.10 bits per heavy atom. The number of sulfonamides is 1. The second-order valence-corrected chi connectivity index (χ2v) is 10.3. The Hall–Kier alpha value is -1.83. The molecule has 1 aliphatic rings. The average molecular weight is 447 g/mol. The fourth-order valence-electron chi connectivity index (χ4n) is 3.71. The van der Waals surface area contributed by atoms with Crippen molar-refractivity contribution in [1.82, 2.24) is 9.62 Å². The molecular weight excluding hydrogens is 416 g/mol. The van der Waals surface area contributed by atoms with Crippen LogP contribution in [0.25, 0.3) is 0 Å². The number of likely N-dealkylation sites (tertiary alicyclic amines) is 1. The van der Waals surface area contributed by atoms with Gasteiger partial charge in [0.1, 0.15) is 0 Å². The molecular formula is C23H30N2O3S2. The summed E-state index contributed by atoms with van der Waals surface area (Å²) in [5, 5.41) is 0. The first-order chi connectivity index (χ1) is 14.4. The summed E-state index contributed by atoms with van der Waals surface area (Å²) < 4.78 is 28.7. The zero-order valence-corrected chi connectivity index (χ0v) is 19.3. The summed E-state index contributed by atoms with van der Waals surface area (Å²) in [6.45, 7) is 3.34. The van der Waals surface area contributed by atoms with Crippen LogP contribution in [0.5, 0.6) is 0 Å². The van der Waals surface area contributed by atoms with E-state index in [0.29, 0.717) is 12.0 Å². The van der Waals surface area contributed by atoms with Crippen LogP contribution in [0.4, 0.5) is 0 Å². The quantitative estimate of drug-likeness (QED) is 0.613. The molecule has 0 aromatic heterocycles. The van der Waals surface area contributed by atoms with Crippen molar-refractivity contribution in [1.29, 1.82) is 0 Å². The van der Waals surface area contributed by atoms with Gasteiger partial charge >= 0.3 is 0 Å². The van der Waals surface area contributed by atoms with E-state index in [2.05, 4.69) is 4.72 Å². The number of carbonyl (C=O) groups is 1. The van der Waals surface area contributed by atoms with Gasteiger partial charge in [-0.25, -0.2) is 13.1 Å². The molecule has 1 amide bonds. The molecule has 1 N–H and O–H groups in total. The molecule has 0 unspecified atom stereocenters. The van der Waals surface area contributed by atoms with Gasteiger partial charge in [-0.3, -0.25) is 4.79 Å². The van der Waals surface area contributed by atoms with Crippen molar-refractivity contribution < 1.29 is 13.2 Å². The molecule has 30 heavy (non-hydrogen) atoms. The van der Waals surface area contributed by atoms with E-state index in [1.165, 1.54) is 23.4 Å². The highest BCUT2D eigenvalue weighted by atomic mass is 32.2. The fraction of sp³-hybridized carbons (Fsp3) is 0.435. The summed E-state index contributed by atoms with van der Waals surface area (Å²) in [4.78, 5) is 15.8. The molecule has 162 valence electrons. The maximum atomic E-state index is 13.0. The van der Waals surface area contributed by atoms with Crippen molar-refractivity contribution in [3.8, 4) is 0 Å². The monoisotopic (exact) mass is 446 g/mol. The number of hydrogen-bond acceptors (Lipinski definition) is 4. The summed E-state index contributed by atoms with van der Waals surface area (Å²) in [7, 11) is -3.71. The summed E-state index contributed by atoms with van der Waals surface area (Å²) >= 11 is 1.46. The highest BCUT2D eigenvalue weighted by molar-refractivity contribution is 7.98. The Morgan fingerprint density at radius 3 is 2.47 bits per heavy atom. The van der Waals surface area contributed by atoms with Crippen molar-refractivity contribution >= 4 is 27.7 Å².